The Bertz CT molecular complexity index is 809. The van der Waals surface area contributed by atoms with Gasteiger partial charge in [0.25, 0.3) is 9.84 Å². The molecule has 0 aliphatic rings. The Labute approximate surface area is 133 Å². The van der Waals surface area contributed by atoms with Crippen LogP contribution in [-0.4, -0.2) is 8.42 Å². The molecule has 2 rings (SSSR count). The molecule has 0 aromatic heterocycles. The average molecular weight is 340 g/mol. The van der Waals surface area contributed by atoms with Gasteiger partial charge in [-0.15, -0.1) is 0 Å². The minimum Gasteiger partial charge on any atom is -0.291 e. The van der Waals surface area contributed by atoms with E-state index < -0.39 is 15.2 Å². The highest BCUT2D eigenvalue weighted by Gasteiger charge is 2.36. The molecule has 0 bridgehead atoms. The molecule has 0 fully saturated rings. The molecule has 0 unspecified atom stereocenters. The van der Waals surface area contributed by atoms with Crippen LogP contribution in [0.4, 0.5) is 0 Å². The molecule has 0 saturated carbocycles. The number of hydrogen-bond acceptors (Lipinski definition) is 2. The standard InChI is InChI=1S/C15H11Cl2NO2S/c1-10-6-8-11(9-7-10)21(19,20)15(18-2)12-4-3-5-13(16)14(12)17/h3-9,15H,1H3/t15-/m0/s1. The smallest absolute Gasteiger partial charge is 0.291 e. The maximum Gasteiger partial charge on any atom is 0.351 e. The van der Waals surface area contributed by atoms with Gasteiger partial charge in [0.05, 0.1) is 20.5 Å². The Hall–Kier alpha value is -1.54. The van der Waals surface area contributed by atoms with Crippen molar-refractivity contribution in [1.29, 1.82) is 0 Å². The highest BCUT2D eigenvalue weighted by atomic mass is 35.5. The zero-order valence-corrected chi connectivity index (χ0v) is 13.4. The van der Waals surface area contributed by atoms with E-state index in [1.165, 1.54) is 18.2 Å². The first kappa shape index (κ1) is 15.8. The number of rotatable bonds is 3. The fraction of sp³-hybridized carbons (Fsp3) is 0.133. The number of hydrogen-bond donors (Lipinski definition) is 0. The minimum absolute atomic E-state index is 0.0881. The quantitative estimate of drug-likeness (QED) is 0.760. The minimum atomic E-state index is -3.86. The summed E-state index contributed by atoms with van der Waals surface area (Å²) >= 11 is 11.9. The summed E-state index contributed by atoms with van der Waals surface area (Å²) in [4.78, 5) is 3.34. The number of benzene rings is 2. The van der Waals surface area contributed by atoms with E-state index in [2.05, 4.69) is 4.85 Å². The number of sulfone groups is 1. The van der Waals surface area contributed by atoms with Crippen LogP contribution in [0.15, 0.2) is 47.4 Å². The summed E-state index contributed by atoms with van der Waals surface area (Å²) in [5.41, 5.74) is 1.13. The number of nitrogens with zero attached hydrogens (tertiary/aromatic N) is 1. The topological polar surface area (TPSA) is 38.5 Å². The van der Waals surface area contributed by atoms with Crippen LogP contribution in [0.2, 0.25) is 10.0 Å². The van der Waals surface area contributed by atoms with E-state index in [1.807, 2.05) is 6.92 Å². The Morgan fingerprint density at radius 1 is 1.10 bits per heavy atom. The van der Waals surface area contributed by atoms with E-state index in [0.29, 0.717) is 0 Å². The van der Waals surface area contributed by atoms with Crippen molar-refractivity contribution in [2.24, 2.45) is 0 Å². The lowest BCUT2D eigenvalue weighted by molar-refractivity contribution is 0.590. The molecule has 0 heterocycles. The van der Waals surface area contributed by atoms with Gasteiger partial charge in [-0.25, -0.2) is 15.0 Å². The summed E-state index contributed by atoms with van der Waals surface area (Å²) in [6, 6.07) is 11.0. The van der Waals surface area contributed by atoms with Gasteiger partial charge < -0.3 is 0 Å². The predicted octanol–water partition coefficient (Wildman–Crippen LogP) is 4.69. The van der Waals surface area contributed by atoms with Gasteiger partial charge in [-0.05, 0) is 31.2 Å². The average Bonchev–Trinajstić information content (AvgIpc) is 2.44. The summed E-state index contributed by atoms with van der Waals surface area (Å²) in [6.07, 6.45) is 0. The van der Waals surface area contributed by atoms with Crippen molar-refractivity contribution >= 4 is 33.0 Å². The first-order valence-corrected chi connectivity index (χ1v) is 8.29. The van der Waals surface area contributed by atoms with Crippen molar-refractivity contribution < 1.29 is 8.42 Å². The van der Waals surface area contributed by atoms with Crippen LogP contribution in [0.3, 0.4) is 0 Å². The van der Waals surface area contributed by atoms with Crippen molar-refractivity contribution in [2.45, 2.75) is 17.2 Å². The van der Waals surface area contributed by atoms with Crippen LogP contribution >= 0.6 is 23.2 Å². The van der Waals surface area contributed by atoms with Crippen molar-refractivity contribution in [3.63, 3.8) is 0 Å². The lowest BCUT2D eigenvalue weighted by Crippen LogP contribution is -2.11. The molecule has 0 aliphatic carbocycles. The van der Waals surface area contributed by atoms with Gasteiger partial charge in [0.1, 0.15) is 0 Å². The Morgan fingerprint density at radius 2 is 1.71 bits per heavy atom. The molecule has 0 aliphatic heterocycles. The molecular weight excluding hydrogens is 329 g/mol. The fourth-order valence-electron chi connectivity index (χ4n) is 1.87. The molecule has 3 nitrogen and oxygen atoms in total. The first-order valence-electron chi connectivity index (χ1n) is 5.99. The van der Waals surface area contributed by atoms with Gasteiger partial charge in [-0.2, -0.15) is 0 Å². The third-order valence-corrected chi connectivity index (χ3v) is 5.72. The van der Waals surface area contributed by atoms with Gasteiger partial charge in [-0.1, -0.05) is 47.0 Å². The van der Waals surface area contributed by atoms with E-state index in [1.54, 1.807) is 24.3 Å². The van der Waals surface area contributed by atoms with Gasteiger partial charge in [0.2, 0.25) is 0 Å². The molecule has 0 amide bonds. The second kappa shape index (κ2) is 6.07. The maximum atomic E-state index is 12.6. The predicted molar refractivity (Wildman–Crippen MR) is 84.2 cm³/mol. The number of aryl methyl sites for hydroxylation is 1. The zero-order chi connectivity index (χ0) is 15.6. The molecule has 2 aromatic carbocycles. The Morgan fingerprint density at radius 3 is 2.29 bits per heavy atom. The summed E-state index contributed by atoms with van der Waals surface area (Å²) in [5, 5.41) is -1.09. The third-order valence-electron chi connectivity index (χ3n) is 3.01. The van der Waals surface area contributed by atoms with E-state index in [-0.39, 0.29) is 20.5 Å². The largest absolute Gasteiger partial charge is 0.351 e. The summed E-state index contributed by atoms with van der Waals surface area (Å²) < 4.78 is 25.2. The van der Waals surface area contributed by atoms with Gasteiger partial charge in [-0.3, -0.25) is 4.85 Å². The van der Waals surface area contributed by atoms with Gasteiger partial charge in [0.15, 0.2) is 0 Å². The molecule has 0 spiro atoms. The highest BCUT2D eigenvalue weighted by molar-refractivity contribution is 7.91. The molecule has 1 atom stereocenters. The van der Waals surface area contributed by atoms with Crippen LogP contribution in [0.1, 0.15) is 16.5 Å². The summed E-state index contributed by atoms with van der Waals surface area (Å²) in [7, 11) is -3.86. The molecule has 0 radical (unpaired) electrons. The lowest BCUT2D eigenvalue weighted by atomic mass is 10.2. The molecule has 0 saturated heterocycles. The highest BCUT2D eigenvalue weighted by Crippen LogP contribution is 2.37. The third kappa shape index (κ3) is 3.06. The molecule has 2 aromatic rings. The van der Waals surface area contributed by atoms with Crippen LogP contribution in [0, 0.1) is 13.5 Å². The van der Waals surface area contributed by atoms with Crippen LogP contribution in [0.5, 0.6) is 0 Å². The van der Waals surface area contributed by atoms with Crippen molar-refractivity contribution in [1.82, 2.24) is 0 Å². The van der Waals surface area contributed by atoms with Gasteiger partial charge in [0, 0.05) is 0 Å². The van der Waals surface area contributed by atoms with E-state index >= 15 is 0 Å². The molecule has 21 heavy (non-hydrogen) atoms. The van der Waals surface area contributed by atoms with Crippen molar-refractivity contribution in [3.05, 3.63) is 75.1 Å². The molecular formula is C15H11Cl2NO2S. The molecule has 6 heteroatoms. The van der Waals surface area contributed by atoms with Crippen LogP contribution in [-0.2, 0) is 9.84 Å². The van der Waals surface area contributed by atoms with E-state index in [9.17, 15) is 8.42 Å². The van der Waals surface area contributed by atoms with Crippen LogP contribution < -0.4 is 0 Å². The van der Waals surface area contributed by atoms with E-state index in [0.717, 1.165) is 5.56 Å². The first-order chi connectivity index (χ1) is 9.87. The Balaban J connectivity index is 2.58. The number of halogens is 2. The SMILES string of the molecule is [C-]#[N+][C@H](c1cccc(Cl)c1Cl)S(=O)(=O)c1ccc(C)cc1. The lowest BCUT2D eigenvalue weighted by Gasteiger charge is -2.10. The van der Waals surface area contributed by atoms with Crippen molar-refractivity contribution in [3.8, 4) is 0 Å². The molecule has 108 valence electrons. The maximum absolute atomic E-state index is 12.6. The van der Waals surface area contributed by atoms with Gasteiger partial charge >= 0.3 is 5.37 Å². The second-order valence-corrected chi connectivity index (χ2v) is 7.28. The summed E-state index contributed by atoms with van der Waals surface area (Å²) in [6.45, 7) is 9.11. The second-order valence-electron chi connectivity index (χ2n) is 4.48. The summed E-state index contributed by atoms with van der Waals surface area (Å²) in [5.74, 6) is 0. The van der Waals surface area contributed by atoms with Crippen molar-refractivity contribution in [2.75, 3.05) is 0 Å². The van der Waals surface area contributed by atoms with Crippen LogP contribution in [0.25, 0.3) is 4.85 Å². The fourth-order valence-corrected chi connectivity index (χ4v) is 3.79. The van der Waals surface area contributed by atoms with E-state index in [4.69, 9.17) is 29.8 Å². The Kier molecular flexibility index (Phi) is 4.58. The zero-order valence-electron chi connectivity index (χ0n) is 11.0. The monoisotopic (exact) mass is 339 g/mol. The molecule has 0 N–H and O–H groups in total. The normalized spacial score (nSPS) is 12.7.